The number of ether oxygens (including phenoxy) is 1. The van der Waals surface area contributed by atoms with Gasteiger partial charge in [-0.3, -0.25) is 0 Å². The third-order valence-electron chi connectivity index (χ3n) is 3.11. The van der Waals surface area contributed by atoms with Gasteiger partial charge in [0.05, 0.1) is 6.10 Å². The molecule has 0 bridgehead atoms. The first kappa shape index (κ1) is 12.4. The van der Waals surface area contributed by atoms with Gasteiger partial charge in [-0.15, -0.1) is 11.6 Å². The summed E-state index contributed by atoms with van der Waals surface area (Å²) in [4.78, 5) is 0. The minimum absolute atomic E-state index is 0.154. The lowest BCUT2D eigenvalue weighted by Crippen LogP contribution is -2.24. The number of hydrogen-bond acceptors (Lipinski definition) is 1. The molecule has 0 aromatic heterocycles. The molecule has 1 aliphatic heterocycles. The molecule has 0 saturated carbocycles. The highest BCUT2D eigenvalue weighted by atomic mass is 79.9. The van der Waals surface area contributed by atoms with Gasteiger partial charge in [0.15, 0.2) is 0 Å². The predicted molar refractivity (Wildman–Crippen MR) is 71.0 cm³/mol. The Balaban J connectivity index is 2.27. The van der Waals surface area contributed by atoms with E-state index in [-0.39, 0.29) is 6.10 Å². The van der Waals surface area contributed by atoms with Crippen LogP contribution in [0.25, 0.3) is 0 Å². The van der Waals surface area contributed by atoms with Crippen LogP contribution in [0.4, 0.5) is 0 Å². The summed E-state index contributed by atoms with van der Waals surface area (Å²) in [6, 6.07) is 6.41. The largest absolute Gasteiger partial charge is 0.373 e. The fourth-order valence-corrected chi connectivity index (χ4v) is 3.24. The van der Waals surface area contributed by atoms with Gasteiger partial charge in [-0.2, -0.15) is 0 Å². The van der Waals surface area contributed by atoms with E-state index in [1.54, 1.807) is 0 Å². The lowest BCUT2D eigenvalue weighted by atomic mass is 9.91. The molecule has 1 heterocycles. The number of benzene rings is 1. The molecule has 2 unspecified atom stereocenters. The quantitative estimate of drug-likeness (QED) is 0.733. The maximum atomic E-state index is 6.01. The van der Waals surface area contributed by atoms with Crippen molar-refractivity contribution in [2.45, 2.75) is 25.9 Å². The summed E-state index contributed by atoms with van der Waals surface area (Å²) in [7, 11) is 0. The minimum atomic E-state index is 0.154. The predicted octanol–water partition coefficient (Wildman–Crippen LogP) is 4.46. The maximum Gasteiger partial charge on any atom is 0.0875 e. The second-order valence-corrected chi connectivity index (χ2v) is 5.54. The molecule has 1 aliphatic rings. The fourth-order valence-electron chi connectivity index (χ4n) is 2.21. The van der Waals surface area contributed by atoms with E-state index in [1.165, 1.54) is 11.1 Å². The van der Waals surface area contributed by atoms with Gasteiger partial charge in [0, 0.05) is 22.9 Å². The van der Waals surface area contributed by atoms with Crippen LogP contribution in [0.5, 0.6) is 0 Å². The standard InChI is InChI=1S/C13H16BrClO/c1-9-4-5-11(12(14)7-9)13-10(8-15)3-2-6-16-13/h4-5,7,10,13H,2-3,6,8H2,1H3. The van der Waals surface area contributed by atoms with E-state index in [0.717, 1.165) is 23.9 Å². The van der Waals surface area contributed by atoms with Crippen molar-refractivity contribution in [2.75, 3.05) is 12.5 Å². The molecular formula is C13H16BrClO. The smallest absolute Gasteiger partial charge is 0.0875 e. The molecule has 1 fully saturated rings. The van der Waals surface area contributed by atoms with Gasteiger partial charge in [0.2, 0.25) is 0 Å². The second-order valence-electron chi connectivity index (χ2n) is 4.37. The van der Waals surface area contributed by atoms with Crippen LogP contribution in [-0.4, -0.2) is 12.5 Å². The lowest BCUT2D eigenvalue weighted by molar-refractivity contribution is -0.0212. The molecule has 2 rings (SSSR count). The molecule has 2 atom stereocenters. The molecule has 0 amide bonds. The normalized spacial score (nSPS) is 25.7. The number of alkyl halides is 1. The Morgan fingerprint density at radius 2 is 2.31 bits per heavy atom. The van der Waals surface area contributed by atoms with Crippen LogP contribution in [0.2, 0.25) is 0 Å². The van der Waals surface area contributed by atoms with Gasteiger partial charge in [-0.1, -0.05) is 28.1 Å². The maximum absolute atomic E-state index is 6.01. The number of hydrogen-bond donors (Lipinski definition) is 0. The fraction of sp³-hybridized carbons (Fsp3) is 0.538. The number of aryl methyl sites for hydroxylation is 1. The van der Waals surface area contributed by atoms with Crippen molar-refractivity contribution in [1.82, 2.24) is 0 Å². The highest BCUT2D eigenvalue weighted by Crippen LogP contribution is 2.37. The Labute approximate surface area is 110 Å². The zero-order valence-electron chi connectivity index (χ0n) is 9.38. The first-order valence-corrected chi connectivity index (χ1v) is 6.98. The van der Waals surface area contributed by atoms with Gasteiger partial charge < -0.3 is 4.74 Å². The van der Waals surface area contributed by atoms with E-state index in [0.29, 0.717) is 11.8 Å². The van der Waals surface area contributed by atoms with Crippen molar-refractivity contribution in [3.05, 3.63) is 33.8 Å². The highest BCUT2D eigenvalue weighted by molar-refractivity contribution is 9.10. The van der Waals surface area contributed by atoms with E-state index < -0.39 is 0 Å². The molecule has 0 N–H and O–H groups in total. The first-order valence-electron chi connectivity index (χ1n) is 5.66. The van der Waals surface area contributed by atoms with Crippen molar-refractivity contribution >= 4 is 27.5 Å². The lowest BCUT2D eigenvalue weighted by Gasteiger charge is -2.31. The second kappa shape index (κ2) is 5.52. The van der Waals surface area contributed by atoms with Gasteiger partial charge >= 0.3 is 0 Å². The van der Waals surface area contributed by atoms with Gasteiger partial charge in [0.25, 0.3) is 0 Å². The Bertz CT molecular complexity index is 367. The summed E-state index contributed by atoms with van der Waals surface area (Å²) >= 11 is 9.63. The van der Waals surface area contributed by atoms with E-state index in [2.05, 4.69) is 41.1 Å². The van der Waals surface area contributed by atoms with Crippen LogP contribution in [0.1, 0.15) is 30.1 Å². The topological polar surface area (TPSA) is 9.23 Å². The van der Waals surface area contributed by atoms with E-state index in [4.69, 9.17) is 16.3 Å². The van der Waals surface area contributed by atoms with Crippen LogP contribution in [0.15, 0.2) is 22.7 Å². The van der Waals surface area contributed by atoms with Crippen LogP contribution >= 0.6 is 27.5 Å². The van der Waals surface area contributed by atoms with Crippen LogP contribution in [0.3, 0.4) is 0 Å². The SMILES string of the molecule is Cc1ccc(C2OCCCC2CCl)c(Br)c1. The van der Waals surface area contributed by atoms with Gasteiger partial charge in [-0.25, -0.2) is 0 Å². The van der Waals surface area contributed by atoms with Crippen molar-refractivity contribution in [1.29, 1.82) is 0 Å². The Hall–Kier alpha value is -0.0500. The van der Waals surface area contributed by atoms with Crippen molar-refractivity contribution in [3.63, 3.8) is 0 Å². The van der Waals surface area contributed by atoms with Gasteiger partial charge in [-0.05, 0) is 37.0 Å². The summed E-state index contributed by atoms with van der Waals surface area (Å²) < 4.78 is 7.01. The van der Waals surface area contributed by atoms with Crippen molar-refractivity contribution in [2.24, 2.45) is 5.92 Å². The Morgan fingerprint density at radius 3 is 3.00 bits per heavy atom. The third-order valence-corrected chi connectivity index (χ3v) is 4.19. The summed E-state index contributed by atoms with van der Waals surface area (Å²) in [6.45, 7) is 2.94. The third kappa shape index (κ3) is 2.61. The van der Waals surface area contributed by atoms with Crippen LogP contribution in [0, 0.1) is 12.8 Å². The Morgan fingerprint density at radius 1 is 1.50 bits per heavy atom. The molecule has 1 aromatic rings. The average molecular weight is 304 g/mol. The zero-order valence-corrected chi connectivity index (χ0v) is 11.7. The van der Waals surface area contributed by atoms with Crippen LogP contribution < -0.4 is 0 Å². The van der Waals surface area contributed by atoms with E-state index in [1.807, 2.05) is 0 Å². The molecule has 0 radical (unpaired) electrons. The first-order chi connectivity index (χ1) is 7.72. The highest BCUT2D eigenvalue weighted by Gasteiger charge is 2.28. The molecule has 0 spiro atoms. The monoisotopic (exact) mass is 302 g/mol. The summed E-state index contributed by atoms with van der Waals surface area (Å²) in [5.41, 5.74) is 2.49. The molecule has 88 valence electrons. The van der Waals surface area contributed by atoms with Crippen molar-refractivity contribution < 1.29 is 4.74 Å². The molecular weight excluding hydrogens is 287 g/mol. The van der Waals surface area contributed by atoms with E-state index in [9.17, 15) is 0 Å². The van der Waals surface area contributed by atoms with E-state index >= 15 is 0 Å². The number of rotatable bonds is 2. The molecule has 1 saturated heterocycles. The zero-order chi connectivity index (χ0) is 11.5. The molecule has 3 heteroatoms. The average Bonchev–Trinajstić information content (AvgIpc) is 2.29. The van der Waals surface area contributed by atoms with Crippen LogP contribution in [-0.2, 0) is 4.74 Å². The summed E-state index contributed by atoms with van der Waals surface area (Å²) in [5, 5.41) is 0. The molecule has 1 nitrogen and oxygen atoms in total. The molecule has 1 aromatic carbocycles. The van der Waals surface area contributed by atoms with Gasteiger partial charge in [0.1, 0.15) is 0 Å². The summed E-state index contributed by atoms with van der Waals surface area (Å²) in [6.07, 6.45) is 2.44. The molecule has 0 aliphatic carbocycles. The van der Waals surface area contributed by atoms with Crippen molar-refractivity contribution in [3.8, 4) is 0 Å². The molecule has 16 heavy (non-hydrogen) atoms. The Kier molecular flexibility index (Phi) is 4.28. The number of halogens is 2. The summed E-state index contributed by atoms with van der Waals surface area (Å²) in [5.74, 6) is 1.11. The minimum Gasteiger partial charge on any atom is -0.373 e.